The third-order valence-electron chi connectivity index (χ3n) is 11.4. The molecule has 0 saturated heterocycles. The zero-order chi connectivity index (χ0) is 47.7. The van der Waals surface area contributed by atoms with Crippen LogP contribution >= 0.6 is 11.8 Å². The number of nitrogens with two attached hydrogens (primary N) is 1. The van der Waals surface area contributed by atoms with Gasteiger partial charge in [0.1, 0.15) is 27.3 Å². The van der Waals surface area contributed by atoms with E-state index in [-0.39, 0.29) is 23.1 Å². The van der Waals surface area contributed by atoms with Gasteiger partial charge in [0.05, 0.1) is 36.5 Å². The monoisotopic (exact) mass is 931 g/mol. The molecule has 2 aromatic heterocycles. The van der Waals surface area contributed by atoms with Crippen molar-refractivity contribution < 1.29 is 27.9 Å². The van der Waals surface area contributed by atoms with E-state index in [1.807, 2.05) is 86.8 Å². The molecule has 1 aliphatic heterocycles. The number of methoxy groups -OCH3 is 1. The molecule has 67 heavy (non-hydrogen) atoms. The Morgan fingerprint density at radius 1 is 0.940 bits per heavy atom. The molecule has 0 unspecified atom stereocenters. The fourth-order valence-corrected chi connectivity index (χ4v) is 9.25. The third kappa shape index (κ3) is 10.9. The Hall–Kier alpha value is -6.86. The molecule has 4 aromatic carbocycles. The number of hydroxylamine groups is 2. The fourth-order valence-electron chi connectivity index (χ4n) is 7.83. The Morgan fingerprint density at radius 2 is 1.72 bits per heavy atom. The molecule has 7 rings (SSSR count). The molecular formula is C49H55F2N11O4S. The van der Waals surface area contributed by atoms with E-state index in [1.54, 1.807) is 19.4 Å². The van der Waals surface area contributed by atoms with Crippen molar-refractivity contribution in [1.82, 2.24) is 29.5 Å². The maximum absolute atomic E-state index is 15.1. The molecule has 0 spiro atoms. The second-order valence-corrected chi connectivity index (χ2v) is 17.3. The molecule has 1 aliphatic rings. The summed E-state index contributed by atoms with van der Waals surface area (Å²) in [5.74, 6) is -0.787. The van der Waals surface area contributed by atoms with Crippen molar-refractivity contribution in [2.75, 3.05) is 76.6 Å². The maximum Gasteiger partial charge on any atom is 0.365 e. The van der Waals surface area contributed by atoms with Crippen LogP contribution in [0.2, 0.25) is 0 Å². The van der Waals surface area contributed by atoms with Gasteiger partial charge in [-0.15, -0.1) is 0 Å². The van der Waals surface area contributed by atoms with E-state index in [2.05, 4.69) is 48.9 Å². The number of nitrogens with one attached hydrogen (secondary N) is 2. The van der Waals surface area contributed by atoms with E-state index in [4.69, 9.17) is 20.3 Å². The van der Waals surface area contributed by atoms with Gasteiger partial charge in [-0.05, 0) is 80.9 Å². The fraction of sp³-hybridized carbons (Fsp3) is 0.286. The largest absolute Gasteiger partial charge is 0.494 e. The van der Waals surface area contributed by atoms with E-state index < -0.39 is 22.5 Å². The number of amides is 3. The van der Waals surface area contributed by atoms with Crippen molar-refractivity contribution >= 4 is 62.7 Å². The smallest absolute Gasteiger partial charge is 0.365 e. The molecule has 0 saturated carbocycles. The Balaban J connectivity index is 0.989. The molecule has 18 heteroatoms. The number of hydrogen-bond donors (Lipinski definition) is 3. The first kappa shape index (κ1) is 48.1. The molecule has 0 aliphatic carbocycles. The minimum Gasteiger partial charge on any atom is -0.494 e. The highest BCUT2D eigenvalue weighted by atomic mass is 32.2. The van der Waals surface area contributed by atoms with Gasteiger partial charge in [0.15, 0.2) is 0 Å². The van der Waals surface area contributed by atoms with Crippen LogP contribution in [0.5, 0.6) is 5.75 Å². The van der Waals surface area contributed by atoms with Gasteiger partial charge >= 0.3 is 6.03 Å². The van der Waals surface area contributed by atoms with Crippen molar-refractivity contribution in [1.29, 1.82) is 0 Å². The highest BCUT2D eigenvalue weighted by molar-refractivity contribution is 8.15. The lowest BCUT2D eigenvalue weighted by Gasteiger charge is -2.37. The summed E-state index contributed by atoms with van der Waals surface area (Å²) >= 11 is 1.19. The summed E-state index contributed by atoms with van der Waals surface area (Å²) < 4.78 is 37.4. The van der Waals surface area contributed by atoms with Gasteiger partial charge in [0.25, 0.3) is 0 Å². The Labute approximate surface area is 393 Å². The molecule has 0 radical (unpaired) electrons. The number of carbonyl (C=O) groups excluding carboxylic acids is 2. The molecule has 3 amide bonds. The van der Waals surface area contributed by atoms with E-state index in [9.17, 15) is 14.0 Å². The topological polar surface area (TPSA) is 159 Å². The minimum atomic E-state index is -1.09. The van der Waals surface area contributed by atoms with E-state index in [0.717, 1.165) is 51.0 Å². The summed E-state index contributed by atoms with van der Waals surface area (Å²) in [5, 5.41) is 14.5. The summed E-state index contributed by atoms with van der Waals surface area (Å²) in [6.07, 6.45) is 6.46. The molecule has 4 N–H and O–H groups in total. The molecule has 3 heterocycles. The van der Waals surface area contributed by atoms with Gasteiger partial charge in [-0.1, -0.05) is 66.9 Å². The Kier molecular flexibility index (Phi) is 15.5. The molecule has 0 bridgehead atoms. The number of thioether (sulfide) groups is 1. The Bertz CT molecular complexity index is 2760. The van der Waals surface area contributed by atoms with Crippen LogP contribution in [0, 0.1) is 11.6 Å². The number of aryl methyl sites for hydroxylation is 1. The number of nitrogens with zero attached hydrogens (tertiary/aromatic N) is 8. The molecule has 6 aromatic rings. The average Bonchev–Trinajstić information content (AvgIpc) is 3.90. The molecular weight excluding hydrogens is 877 g/mol. The summed E-state index contributed by atoms with van der Waals surface area (Å²) in [6.45, 7) is 6.03. The first-order chi connectivity index (χ1) is 32.3. The first-order valence-corrected chi connectivity index (χ1v) is 22.6. The van der Waals surface area contributed by atoms with E-state index >= 15 is 4.39 Å². The summed E-state index contributed by atoms with van der Waals surface area (Å²) in [5.41, 5.74) is 11.3. The summed E-state index contributed by atoms with van der Waals surface area (Å²) in [4.78, 5) is 45.2. The van der Waals surface area contributed by atoms with Crippen molar-refractivity contribution in [3.63, 3.8) is 0 Å². The number of para-hydroxylation sites is 1. The molecule has 0 fully saturated rings. The van der Waals surface area contributed by atoms with Crippen LogP contribution < -0.4 is 26.0 Å². The van der Waals surface area contributed by atoms with E-state index in [1.165, 1.54) is 29.9 Å². The number of urea groups is 1. The van der Waals surface area contributed by atoms with Crippen molar-refractivity contribution in [2.24, 2.45) is 17.9 Å². The van der Waals surface area contributed by atoms with Crippen molar-refractivity contribution in [2.45, 2.75) is 24.1 Å². The highest BCUT2D eigenvalue weighted by Gasteiger charge is 2.49. The Morgan fingerprint density at radius 3 is 2.48 bits per heavy atom. The van der Waals surface area contributed by atoms with Crippen LogP contribution in [0.25, 0.3) is 22.2 Å². The van der Waals surface area contributed by atoms with Crippen LogP contribution in [0.15, 0.2) is 121 Å². The lowest BCUT2D eigenvalue weighted by molar-refractivity contribution is -0.112. The maximum atomic E-state index is 15.1. The third-order valence-corrected chi connectivity index (χ3v) is 12.8. The van der Waals surface area contributed by atoms with Crippen molar-refractivity contribution in [3.8, 4) is 17.0 Å². The zero-order valence-electron chi connectivity index (χ0n) is 38.2. The van der Waals surface area contributed by atoms with Crippen LogP contribution in [-0.2, 0) is 21.6 Å². The average molecular weight is 932 g/mol. The normalized spacial score (nSPS) is 14.6. The summed E-state index contributed by atoms with van der Waals surface area (Å²) in [6, 6.07) is 25.5. The molecule has 1 atom stereocenters. The van der Waals surface area contributed by atoms with Gasteiger partial charge in [-0.3, -0.25) is 9.63 Å². The number of ether oxygens (including phenoxy) is 1. The second-order valence-electron chi connectivity index (χ2n) is 16.0. The van der Waals surface area contributed by atoms with Gasteiger partial charge in [-0.2, -0.15) is 10.1 Å². The minimum absolute atomic E-state index is 0.0402. The van der Waals surface area contributed by atoms with Crippen LogP contribution in [-0.4, -0.2) is 108 Å². The number of hydrazone groups is 1. The standard InChI is InChI=1S/C49H55F2N11O4S/c1-7-45(63)54-40-30-41(56-47-53-24-21-39(55-47)37-32-60(4)42-18-12-11-17-35(37)42)44(65-6)31-43(40)59(3)27-26-58(2)25-14-28-66-61(5)48(64)62-49(22-13-23-52,33-15-9-8-10-16-33)67-46(57-62)36-29-34(50)19-20-38(36)51/h7-12,15-21,24,29-32H,1,13-14,22-23,25-28,52H2,2-6H3,(H,54,63)(H,53,55,56)/t49-/m0/s1. The number of halogens is 2. The van der Waals surface area contributed by atoms with Gasteiger partial charge in [0, 0.05) is 81.3 Å². The number of hydrogen-bond acceptors (Lipinski definition) is 12. The zero-order valence-corrected chi connectivity index (χ0v) is 39.0. The number of fused-ring (bicyclic) bond motifs is 1. The lowest BCUT2D eigenvalue weighted by atomic mass is 10.0. The quantitative estimate of drug-likeness (QED) is 0.0383. The van der Waals surface area contributed by atoms with Crippen LogP contribution in [0.3, 0.4) is 0 Å². The SMILES string of the molecule is C=CC(=O)Nc1cc(Nc2nccc(-c3cn(C)c4ccccc34)n2)c(OC)cc1N(C)CCN(C)CCCON(C)C(=O)N1N=C(c2cc(F)ccc2F)S[C@@]1(CCCN)c1ccccc1. The first-order valence-electron chi connectivity index (χ1n) is 21.7. The highest BCUT2D eigenvalue weighted by Crippen LogP contribution is 2.51. The number of aromatic nitrogens is 3. The number of likely N-dealkylation sites (N-methyl/N-ethyl adjacent to an activating group) is 2. The van der Waals surface area contributed by atoms with Gasteiger partial charge < -0.3 is 35.5 Å². The predicted molar refractivity (Wildman–Crippen MR) is 262 cm³/mol. The van der Waals surface area contributed by atoms with Crippen LogP contribution in [0.1, 0.15) is 30.4 Å². The number of benzene rings is 4. The van der Waals surface area contributed by atoms with E-state index in [0.29, 0.717) is 74.2 Å². The number of anilines is 4. The predicted octanol–water partition coefficient (Wildman–Crippen LogP) is 8.53. The van der Waals surface area contributed by atoms with Crippen molar-refractivity contribution in [3.05, 3.63) is 139 Å². The number of rotatable bonds is 20. The van der Waals surface area contributed by atoms with Crippen LogP contribution in [0.4, 0.5) is 36.6 Å². The summed E-state index contributed by atoms with van der Waals surface area (Å²) in [7, 11) is 8.99. The molecule has 15 nitrogen and oxygen atoms in total. The second kappa shape index (κ2) is 21.6. The van der Waals surface area contributed by atoms with Gasteiger partial charge in [-0.25, -0.2) is 28.6 Å². The molecule has 350 valence electrons. The number of carbonyl (C=O) groups is 2. The lowest BCUT2D eigenvalue weighted by Crippen LogP contribution is -2.47. The van der Waals surface area contributed by atoms with Gasteiger partial charge in [0.2, 0.25) is 11.9 Å².